The number of pyridine rings is 1. The molecule has 3 aromatic heterocycles. The van der Waals surface area contributed by atoms with Gasteiger partial charge in [-0.1, -0.05) is 23.7 Å². The monoisotopic (exact) mass is 362 g/mol. The highest BCUT2D eigenvalue weighted by Gasteiger charge is 2.20. The van der Waals surface area contributed by atoms with Gasteiger partial charge in [-0.2, -0.15) is 0 Å². The first-order valence-electron chi connectivity index (χ1n) is 7.98. The van der Waals surface area contributed by atoms with Crippen molar-refractivity contribution in [2.45, 2.75) is 33.2 Å². The van der Waals surface area contributed by atoms with Gasteiger partial charge in [0.2, 0.25) is 0 Å². The van der Waals surface area contributed by atoms with Gasteiger partial charge in [-0.25, -0.2) is 9.97 Å². The van der Waals surface area contributed by atoms with E-state index in [1.807, 2.05) is 26.8 Å². The minimum absolute atomic E-state index is 0.0751. The summed E-state index contributed by atoms with van der Waals surface area (Å²) in [6, 6.07) is 3.43. The van der Waals surface area contributed by atoms with Gasteiger partial charge < -0.3 is 9.26 Å². The summed E-state index contributed by atoms with van der Waals surface area (Å²) in [5.41, 5.74) is 2.87. The van der Waals surface area contributed by atoms with Crippen molar-refractivity contribution >= 4 is 22.8 Å². The second-order valence-electron chi connectivity index (χ2n) is 5.83. The van der Waals surface area contributed by atoms with Crippen LogP contribution in [0.1, 0.15) is 30.8 Å². The molecular weight excluding hydrogens is 344 g/mol. The lowest BCUT2D eigenvalue weighted by molar-refractivity contribution is 0.153. The van der Waals surface area contributed by atoms with Crippen LogP contribution in [0.4, 0.5) is 0 Å². The van der Waals surface area contributed by atoms with E-state index >= 15 is 0 Å². The smallest absolute Gasteiger partial charge is 0.290 e. The fourth-order valence-electron chi connectivity index (χ4n) is 2.95. The largest absolute Gasteiger partial charge is 0.383 e. The van der Waals surface area contributed by atoms with E-state index in [-0.39, 0.29) is 16.8 Å². The van der Waals surface area contributed by atoms with Crippen LogP contribution in [0.25, 0.3) is 22.4 Å². The van der Waals surface area contributed by atoms with Gasteiger partial charge >= 0.3 is 0 Å². The number of halogens is 1. The van der Waals surface area contributed by atoms with E-state index in [4.69, 9.17) is 20.9 Å². The van der Waals surface area contributed by atoms with Gasteiger partial charge in [0, 0.05) is 7.11 Å². The molecule has 0 saturated heterocycles. The van der Waals surface area contributed by atoms with E-state index in [1.165, 1.54) is 0 Å². The van der Waals surface area contributed by atoms with Crippen molar-refractivity contribution in [1.82, 2.24) is 19.7 Å². The van der Waals surface area contributed by atoms with Gasteiger partial charge in [0.25, 0.3) is 5.56 Å². The number of nitrogens with zero attached hydrogens (tertiary/aromatic N) is 4. The molecule has 0 saturated carbocycles. The van der Waals surface area contributed by atoms with E-state index in [0.29, 0.717) is 35.6 Å². The van der Waals surface area contributed by atoms with Crippen molar-refractivity contribution in [2.75, 3.05) is 13.7 Å². The Balaban J connectivity index is 2.31. The van der Waals surface area contributed by atoms with Gasteiger partial charge in [-0.05, 0) is 32.4 Å². The molecule has 0 amide bonds. The third-order valence-corrected chi connectivity index (χ3v) is 4.43. The van der Waals surface area contributed by atoms with E-state index < -0.39 is 0 Å². The predicted octanol–water partition coefficient (Wildman–Crippen LogP) is 3.31. The van der Waals surface area contributed by atoms with E-state index in [9.17, 15) is 4.79 Å². The Kier molecular flexibility index (Phi) is 4.87. The number of fused-ring (bicyclic) bond motifs is 1. The number of aryl methyl sites for hydroxylation is 2. The Bertz CT molecular complexity index is 960. The molecule has 0 radical (unpaired) electrons. The maximum Gasteiger partial charge on any atom is 0.290 e. The fraction of sp³-hybridized carbons (Fsp3) is 0.412. The molecule has 7 nitrogen and oxygen atoms in total. The van der Waals surface area contributed by atoms with Gasteiger partial charge in [-0.3, -0.25) is 9.36 Å². The van der Waals surface area contributed by atoms with Crippen LogP contribution in [-0.2, 0) is 4.74 Å². The molecule has 3 aromatic rings. The molecule has 0 N–H and O–H groups in total. The second-order valence-corrected chi connectivity index (χ2v) is 6.19. The molecule has 0 fully saturated rings. The zero-order valence-corrected chi connectivity index (χ0v) is 15.3. The summed E-state index contributed by atoms with van der Waals surface area (Å²) in [5.74, 6) is 0.670. The van der Waals surface area contributed by atoms with Crippen LogP contribution >= 0.6 is 11.6 Å². The van der Waals surface area contributed by atoms with Crippen molar-refractivity contribution < 1.29 is 9.26 Å². The first-order chi connectivity index (χ1) is 12.0. The van der Waals surface area contributed by atoms with Gasteiger partial charge in [0.1, 0.15) is 11.3 Å². The third kappa shape index (κ3) is 3.05. The molecule has 132 valence electrons. The maximum atomic E-state index is 12.6. The molecule has 0 spiro atoms. The normalized spacial score (nSPS) is 12.7. The molecule has 0 aliphatic carbocycles. The fourth-order valence-corrected chi connectivity index (χ4v) is 3.13. The van der Waals surface area contributed by atoms with Gasteiger partial charge in [0.15, 0.2) is 10.8 Å². The van der Waals surface area contributed by atoms with E-state index in [2.05, 4.69) is 15.1 Å². The average molecular weight is 363 g/mol. The lowest BCUT2D eigenvalue weighted by atomic mass is 10.1. The number of hydrogen-bond acceptors (Lipinski definition) is 6. The van der Waals surface area contributed by atoms with Crippen LogP contribution in [0.3, 0.4) is 0 Å². The molecule has 3 rings (SSSR count). The molecule has 0 aromatic carbocycles. The minimum atomic E-state index is -0.374. The van der Waals surface area contributed by atoms with Gasteiger partial charge in [0.05, 0.1) is 29.6 Å². The highest BCUT2D eigenvalue weighted by molar-refractivity contribution is 6.29. The zero-order valence-electron chi connectivity index (χ0n) is 14.5. The van der Waals surface area contributed by atoms with Crippen LogP contribution in [0.15, 0.2) is 21.5 Å². The summed E-state index contributed by atoms with van der Waals surface area (Å²) in [5, 5.41) is 3.89. The number of rotatable bonds is 5. The van der Waals surface area contributed by atoms with Crippen molar-refractivity contribution in [3.8, 4) is 11.3 Å². The van der Waals surface area contributed by atoms with Gasteiger partial charge in [-0.15, -0.1) is 0 Å². The summed E-state index contributed by atoms with van der Waals surface area (Å²) < 4.78 is 12.0. The number of ether oxygens (including phenoxy) is 1. The molecule has 0 aliphatic rings. The molecule has 0 aliphatic heterocycles. The quantitative estimate of drug-likeness (QED) is 0.692. The maximum absolute atomic E-state index is 12.6. The third-order valence-electron chi connectivity index (χ3n) is 4.18. The predicted molar refractivity (Wildman–Crippen MR) is 95.0 cm³/mol. The second kappa shape index (κ2) is 6.93. The van der Waals surface area contributed by atoms with Crippen LogP contribution < -0.4 is 5.56 Å². The summed E-state index contributed by atoms with van der Waals surface area (Å²) in [4.78, 5) is 21.5. The Labute approximate surface area is 149 Å². The summed E-state index contributed by atoms with van der Waals surface area (Å²) in [7, 11) is 1.60. The van der Waals surface area contributed by atoms with E-state index in [1.54, 1.807) is 17.7 Å². The van der Waals surface area contributed by atoms with E-state index in [0.717, 1.165) is 11.3 Å². The SMILES string of the molecule is CC[C@H](COC)n1c(=O)c(Cl)nc2ccc(-c3c(C)noc3C)nc21. The topological polar surface area (TPSA) is 83.0 Å². The highest BCUT2D eigenvalue weighted by Crippen LogP contribution is 2.27. The van der Waals surface area contributed by atoms with Crippen LogP contribution in [-0.4, -0.2) is 33.4 Å². The molecule has 3 heterocycles. The van der Waals surface area contributed by atoms with Crippen molar-refractivity contribution in [3.05, 3.63) is 39.1 Å². The van der Waals surface area contributed by atoms with Crippen molar-refractivity contribution in [3.63, 3.8) is 0 Å². The molecule has 25 heavy (non-hydrogen) atoms. The lowest BCUT2D eigenvalue weighted by Gasteiger charge is -2.19. The van der Waals surface area contributed by atoms with Crippen LogP contribution in [0.2, 0.25) is 5.15 Å². The van der Waals surface area contributed by atoms with Crippen molar-refractivity contribution in [1.29, 1.82) is 0 Å². The molecule has 1 atom stereocenters. The molecule has 0 unspecified atom stereocenters. The number of methoxy groups -OCH3 is 1. The first kappa shape index (κ1) is 17.6. The molecule has 0 bridgehead atoms. The summed E-state index contributed by atoms with van der Waals surface area (Å²) in [6.45, 7) is 6.04. The lowest BCUT2D eigenvalue weighted by Crippen LogP contribution is -2.29. The Morgan fingerprint density at radius 1 is 1.32 bits per heavy atom. The average Bonchev–Trinajstić information content (AvgIpc) is 2.93. The standard InChI is InChI=1S/C17H19ClN4O3/c1-5-11(8-24-4)22-16-13(19-15(18)17(22)23)7-6-12(20-16)14-9(2)21-25-10(14)3/h6-7,11H,5,8H2,1-4H3/t11-/m1/s1. The molecule has 8 heteroatoms. The van der Waals surface area contributed by atoms with Crippen LogP contribution in [0, 0.1) is 13.8 Å². The Morgan fingerprint density at radius 2 is 2.08 bits per heavy atom. The molecular formula is C17H19ClN4O3. The zero-order chi connectivity index (χ0) is 18.1. The summed E-state index contributed by atoms with van der Waals surface area (Å²) in [6.07, 6.45) is 0.695. The first-order valence-corrected chi connectivity index (χ1v) is 8.36. The number of hydrogen-bond donors (Lipinski definition) is 0. The highest BCUT2D eigenvalue weighted by atomic mass is 35.5. The Morgan fingerprint density at radius 3 is 2.68 bits per heavy atom. The van der Waals surface area contributed by atoms with Crippen LogP contribution in [0.5, 0.6) is 0 Å². The minimum Gasteiger partial charge on any atom is -0.383 e. The number of aromatic nitrogens is 4. The summed E-state index contributed by atoms with van der Waals surface area (Å²) >= 11 is 6.05. The van der Waals surface area contributed by atoms with Crippen molar-refractivity contribution in [2.24, 2.45) is 0 Å². The Hall–Kier alpha value is -2.25.